The van der Waals surface area contributed by atoms with Crippen LogP contribution in [0.3, 0.4) is 0 Å². The van der Waals surface area contributed by atoms with Gasteiger partial charge in [0.05, 0.1) is 17.6 Å². The Morgan fingerprint density at radius 3 is 2.87 bits per heavy atom. The van der Waals surface area contributed by atoms with Crippen LogP contribution in [0.4, 0.5) is 5.69 Å². The molecule has 2 aliphatic heterocycles. The van der Waals surface area contributed by atoms with Gasteiger partial charge in [0.15, 0.2) is 5.75 Å². The fraction of sp³-hybridized carbons (Fsp3) is 0.278. The van der Waals surface area contributed by atoms with Gasteiger partial charge in [-0.3, -0.25) is 4.79 Å². The van der Waals surface area contributed by atoms with Crippen molar-refractivity contribution in [2.24, 2.45) is 5.92 Å². The van der Waals surface area contributed by atoms with Crippen molar-refractivity contribution in [3.63, 3.8) is 0 Å². The van der Waals surface area contributed by atoms with Crippen molar-refractivity contribution in [3.05, 3.63) is 53.1 Å². The van der Waals surface area contributed by atoms with E-state index in [4.69, 9.17) is 16.3 Å². The zero-order valence-corrected chi connectivity index (χ0v) is 13.2. The first kappa shape index (κ1) is 14.4. The minimum atomic E-state index is -0.764. The molecule has 1 N–H and O–H groups in total. The Morgan fingerprint density at radius 2 is 2.04 bits per heavy atom. The van der Waals surface area contributed by atoms with Crippen molar-refractivity contribution in [2.75, 3.05) is 11.4 Å². The number of rotatable bonds is 1. The van der Waals surface area contributed by atoms with E-state index in [0.717, 1.165) is 35.7 Å². The number of nitrogens with zero attached hydrogens (tertiary/aromatic N) is 1. The summed E-state index contributed by atoms with van der Waals surface area (Å²) in [4.78, 5) is 14.0. The third-order valence-electron chi connectivity index (χ3n) is 4.64. The highest BCUT2D eigenvalue weighted by molar-refractivity contribution is 6.31. The van der Waals surface area contributed by atoms with Gasteiger partial charge in [-0.05, 0) is 37.1 Å². The number of carbonyl (C=O) groups is 1. The van der Waals surface area contributed by atoms with Crippen LogP contribution in [0.2, 0.25) is 5.02 Å². The number of fused-ring (bicyclic) bond motifs is 5. The van der Waals surface area contributed by atoms with Gasteiger partial charge in [-0.1, -0.05) is 29.8 Å². The minimum Gasteiger partial charge on any atom is -0.481 e. The molecule has 0 saturated carbocycles. The first-order chi connectivity index (χ1) is 11.1. The molecule has 2 atom stereocenters. The van der Waals surface area contributed by atoms with Crippen molar-refractivity contribution in [3.8, 4) is 11.5 Å². The highest BCUT2D eigenvalue weighted by Crippen LogP contribution is 2.49. The summed E-state index contributed by atoms with van der Waals surface area (Å²) in [5.41, 5.74) is 1.79. The van der Waals surface area contributed by atoms with Crippen molar-refractivity contribution >= 4 is 23.3 Å². The first-order valence-electron chi connectivity index (χ1n) is 7.71. The smallest absolute Gasteiger partial charge is 0.308 e. The van der Waals surface area contributed by atoms with Gasteiger partial charge in [0.2, 0.25) is 0 Å². The molecule has 2 heterocycles. The van der Waals surface area contributed by atoms with Crippen LogP contribution in [0, 0.1) is 5.92 Å². The number of carboxylic acids is 1. The third-order valence-corrected chi connectivity index (χ3v) is 4.87. The molecule has 4 rings (SSSR count). The average molecular weight is 330 g/mol. The average Bonchev–Trinajstić information content (AvgIpc) is 2.69. The van der Waals surface area contributed by atoms with E-state index in [1.54, 1.807) is 6.07 Å². The Kier molecular flexibility index (Phi) is 3.42. The molecular weight excluding hydrogens is 314 g/mol. The van der Waals surface area contributed by atoms with Crippen LogP contribution in [0.1, 0.15) is 24.4 Å². The summed E-state index contributed by atoms with van der Waals surface area (Å²) in [5, 5.41) is 10.3. The molecule has 23 heavy (non-hydrogen) atoms. The van der Waals surface area contributed by atoms with E-state index in [0.29, 0.717) is 11.4 Å². The third kappa shape index (κ3) is 2.34. The second-order valence-corrected chi connectivity index (χ2v) is 6.41. The van der Waals surface area contributed by atoms with Gasteiger partial charge in [-0.2, -0.15) is 0 Å². The lowest BCUT2D eigenvalue weighted by Crippen LogP contribution is -2.41. The van der Waals surface area contributed by atoms with Crippen molar-refractivity contribution in [2.45, 2.75) is 18.9 Å². The van der Waals surface area contributed by atoms with Crippen molar-refractivity contribution in [1.82, 2.24) is 0 Å². The summed E-state index contributed by atoms with van der Waals surface area (Å²) < 4.78 is 6.08. The second-order valence-electron chi connectivity index (χ2n) is 5.98. The fourth-order valence-electron chi connectivity index (χ4n) is 3.65. The van der Waals surface area contributed by atoms with E-state index in [1.807, 2.05) is 36.4 Å². The summed E-state index contributed by atoms with van der Waals surface area (Å²) >= 11 is 6.17. The maximum atomic E-state index is 11.8. The van der Waals surface area contributed by atoms with Crippen molar-refractivity contribution < 1.29 is 14.6 Å². The maximum Gasteiger partial charge on any atom is 0.308 e. The molecule has 2 aromatic rings. The molecule has 118 valence electrons. The molecule has 0 amide bonds. The summed E-state index contributed by atoms with van der Waals surface area (Å²) in [6.45, 7) is 0.791. The standard InChI is InChI=1S/C18H16ClNO3/c19-11-7-8-16-14(10-11)20-9-3-5-13(18(21)22)17(20)12-4-1-2-6-15(12)23-16/h1-2,4,6-8,10,13,17H,3,5,9H2,(H,21,22)/t13-,17-/m1/s1. The first-order valence-corrected chi connectivity index (χ1v) is 8.09. The van der Waals surface area contributed by atoms with E-state index in [-0.39, 0.29) is 6.04 Å². The zero-order valence-electron chi connectivity index (χ0n) is 12.4. The number of aliphatic carboxylic acids is 1. The Bertz CT molecular complexity index is 777. The van der Waals surface area contributed by atoms with E-state index in [2.05, 4.69) is 4.90 Å². The lowest BCUT2D eigenvalue weighted by atomic mass is 9.84. The molecule has 0 spiro atoms. The number of hydrogen-bond donors (Lipinski definition) is 1. The van der Waals surface area contributed by atoms with E-state index < -0.39 is 11.9 Å². The predicted octanol–water partition coefficient (Wildman–Crippen LogP) is 4.49. The van der Waals surface area contributed by atoms with E-state index in [1.165, 1.54) is 0 Å². The van der Waals surface area contributed by atoms with Crippen LogP contribution < -0.4 is 9.64 Å². The molecular formula is C18H16ClNO3. The van der Waals surface area contributed by atoms with Gasteiger partial charge in [-0.25, -0.2) is 0 Å². The highest BCUT2D eigenvalue weighted by Gasteiger charge is 2.41. The number of para-hydroxylation sites is 1. The van der Waals surface area contributed by atoms with E-state index >= 15 is 0 Å². The molecule has 1 fully saturated rings. The van der Waals surface area contributed by atoms with E-state index in [9.17, 15) is 9.90 Å². The summed E-state index contributed by atoms with van der Waals surface area (Å²) in [7, 11) is 0. The van der Waals surface area contributed by atoms with Crippen LogP contribution in [-0.2, 0) is 4.79 Å². The van der Waals surface area contributed by atoms with Gasteiger partial charge in [-0.15, -0.1) is 0 Å². The molecule has 0 bridgehead atoms. The van der Waals surface area contributed by atoms with Gasteiger partial charge in [0.25, 0.3) is 0 Å². The Balaban J connectivity index is 1.95. The van der Waals surface area contributed by atoms with Crippen LogP contribution in [0.5, 0.6) is 11.5 Å². The van der Waals surface area contributed by atoms with Gasteiger partial charge in [0, 0.05) is 17.1 Å². The van der Waals surface area contributed by atoms with Gasteiger partial charge >= 0.3 is 5.97 Å². The molecule has 2 aromatic carbocycles. The number of hydrogen-bond acceptors (Lipinski definition) is 3. The molecule has 1 saturated heterocycles. The van der Waals surface area contributed by atoms with Crippen LogP contribution >= 0.6 is 11.6 Å². The zero-order chi connectivity index (χ0) is 16.0. The SMILES string of the molecule is O=C(O)[C@@H]1CCCN2c3cc(Cl)ccc3Oc3ccccc3[C@H]12. The van der Waals surface area contributed by atoms with Crippen LogP contribution in [0.25, 0.3) is 0 Å². The number of benzene rings is 2. The summed E-state index contributed by atoms with van der Waals surface area (Å²) in [6, 6.07) is 13.0. The molecule has 5 heteroatoms. The largest absolute Gasteiger partial charge is 0.481 e. The van der Waals surface area contributed by atoms with Crippen LogP contribution in [-0.4, -0.2) is 17.6 Å². The normalized spacial score (nSPS) is 22.2. The Hall–Kier alpha value is -2.20. The molecule has 2 aliphatic rings. The number of anilines is 1. The topological polar surface area (TPSA) is 49.8 Å². The Labute approximate surface area is 139 Å². The quantitative estimate of drug-likeness (QED) is 0.837. The molecule has 4 nitrogen and oxygen atoms in total. The number of carboxylic acid groups (broad SMARTS) is 1. The van der Waals surface area contributed by atoms with Gasteiger partial charge < -0.3 is 14.7 Å². The molecule has 0 aliphatic carbocycles. The van der Waals surface area contributed by atoms with Gasteiger partial charge in [0.1, 0.15) is 5.75 Å². The predicted molar refractivity (Wildman–Crippen MR) is 88.4 cm³/mol. The maximum absolute atomic E-state index is 11.8. The minimum absolute atomic E-state index is 0.239. The molecule has 0 radical (unpaired) electrons. The lowest BCUT2D eigenvalue weighted by molar-refractivity contribution is -0.143. The number of ether oxygens (including phenoxy) is 1. The number of piperidine rings is 1. The van der Waals surface area contributed by atoms with Crippen molar-refractivity contribution in [1.29, 1.82) is 0 Å². The molecule has 0 unspecified atom stereocenters. The number of halogens is 1. The Morgan fingerprint density at radius 1 is 1.22 bits per heavy atom. The second kappa shape index (κ2) is 5.46. The monoisotopic (exact) mass is 329 g/mol. The van der Waals surface area contributed by atoms with Crippen LogP contribution in [0.15, 0.2) is 42.5 Å². The highest BCUT2D eigenvalue weighted by atomic mass is 35.5. The summed E-state index contributed by atoms with van der Waals surface area (Å²) in [5.74, 6) is 0.213. The summed E-state index contributed by atoms with van der Waals surface area (Å²) in [6.07, 6.45) is 1.50. The fourth-order valence-corrected chi connectivity index (χ4v) is 3.81. The lowest BCUT2D eigenvalue weighted by Gasteiger charge is -2.40. The molecule has 0 aromatic heterocycles.